The van der Waals surface area contributed by atoms with E-state index in [1.165, 1.54) is 0 Å². The Hall–Kier alpha value is -2.62. The van der Waals surface area contributed by atoms with E-state index >= 15 is 0 Å². The molecule has 0 radical (unpaired) electrons. The lowest BCUT2D eigenvalue weighted by atomic mass is 9.98. The van der Waals surface area contributed by atoms with Crippen molar-refractivity contribution in [2.75, 3.05) is 18.4 Å². The van der Waals surface area contributed by atoms with Crippen LogP contribution in [0.1, 0.15) is 33.6 Å². The van der Waals surface area contributed by atoms with Crippen LogP contribution in [0.25, 0.3) is 10.2 Å². The van der Waals surface area contributed by atoms with Crippen LogP contribution in [0.4, 0.5) is 5.69 Å². The zero-order valence-electron chi connectivity index (χ0n) is 19.1. The minimum Gasteiger partial charge on any atom is -0.365 e. The van der Waals surface area contributed by atoms with Crippen LogP contribution < -0.4 is 16.0 Å². The highest BCUT2D eigenvalue weighted by Gasteiger charge is 2.38. The lowest BCUT2D eigenvalue weighted by molar-refractivity contribution is 0.412. The first-order chi connectivity index (χ1) is 15.8. The van der Waals surface area contributed by atoms with Crippen LogP contribution in [-0.2, 0) is 10.0 Å². The summed E-state index contributed by atoms with van der Waals surface area (Å²) in [6.07, 6.45) is 9.53. The Morgan fingerprint density at radius 2 is 2.21 bits per heavy atom. The Balaban J connectivity index is 1.40. The van der Waals surface area contributed by atoms with Gasteiger partial charge in [0.1, 0.15) is 5.66 Å². The van der Waals surface area contributed by atoms with Crippen LogP contribution in [0.3, 0.4) is 0 Å². The van der Waals surface area contributed by atoms with E-state index in [1.54, 1.807) is 22.6 Å². The fourth-order valence-electron chi connectivity index (χ4n) is 4.47. The van der Waals surface area contributed by atoms with Gasteiger partial charge in [0.25, 0.3) is 0 Å². The highest BCUT2D eigenvalue weighted by Crippen LogP contribution is 2.35. The molecule has 0 saturated heterocycles. The summed E-state index contributed by atoms with van der Waals surface area (Å²) in [7, 11) is -3.24. The smallest absolute Gasteiger partial charge is 0.216 e. The Kier molecular flexibility index (Phi) is 5.58. The van der Waals surface area contributed by atoms with Gasteiger partial charge in [0.15, 0.2) is 0 Å². The number of aromatic nitrogens is 1. The molecule has 0 amide bonds. The minimum atomic E-state index is -3.24. The van der Waals surface area contributed by atoms with E-state index in [1.807, 2.05) is 42.9 Å². The molecule has 1 aromatic carbocycles. The van der Waals surface area contributed by atoms with Gasteiger partial charge in [-0.1, -0.05) is 13.0 Å². The number of anilines is 1. The maximum absolute atomic E-state index is 12.7. The van der Waals surface area contributed by atoms with Gasteiger partial charge in [-0.15, -0.1) is 11.3 Å². The normalized spacial score (nSPS) is 24.1. The summed E-state index contributed by atoms with van der Waals surface area (Å²) >= 11 is 1.63. The topological polar surface area (TPSA) is 86.4 Å². The molecule has 7 nitrogen and oxygen atoms in total. The SMILES string of the molecule is CCC(C)S(=O)(=O)N1CC=C(C2=CC3=C(Nc4ccc5ncsc5c4)C=CNC3(C)N2)CC1. The van der Waals surface area contributed by atoms with E-state index < -0.39 is 15.7 Å². The monoisotopic (exact) mass is 483 g/mol. The minimum absolute atomic E-state index is 0.351. The van der Waals surface area contributed by atoms with Gasteiger partial charge < -0.3 is 16.0 Å². The van der Waals surface area contributed by atoms with Gasteiger partial charge in [-0.05, 0) is 62.6 Å². The summed E-state index contributed by atoms with van der Waals surface area (Å²) in [4.78, 5) is 4.36. The molecule has 2 atom stereocenters. The van der Waals surface area contributed by atoms with Crippen LogP contribution in [0.15, 0.2) is 70.7 Å². The molecular weight excluding hydrogens is 454 g/mol. The van der Waals surface area contributed by atoms with Gasteiger partial charge in [0.2, 0.25) is 10.0 Å². The molecule has 9 heteroatoms. The van der Waals surface area contributed by atoms with E-state index in [-0.39, 0.29) is 5.25 Å². The molecule has 0 fully saturated rings. The van der Waals surface area contributed by atoms with Crippen molar-refractivity contribution in [2.45, 2.75) is 44.5 Å². The van der Waals surface area contributed by atoms with Gasteiger partial charge in [-0.2, -0.15) is 4.31 Å². The number of allylic oxidation sites excluding steroid dienone is 2. The third-order valence-electron chi connectivity index (χ3n) is 6.70. The zero-order valence-corrected chi connectivity index (χ0v) is 20.7. The maximum Gasteiger partial charge on any atom is 0.216 e. The second kappa shape index (κ2) is 8.30. The molecule has 0 saturated carbocycles. The van der Waals surface area contributed by atoms with Crippen LogP contribution >= 0.6 is 11.3 Å². The molecule has 4 heterocycles. The van der Waals surface area contributed by atoms with E-state index in [0.717, 1.165) is 38.4 Å². The molecule has 5 rings (SSSR count). The maximum atomic E-state index is 12.7. The number of benzene rings is 1. The van der Waals surface area contributed by atoms with Gasteiger partial charge >= 0.3 is 0 Å². The third kappa shape index (κ3) is 3.98. The molecule has 2 aromatic rings. The standard InChI is InChI=1S/C24H29N5O2S2/c1-4-16(2)33(30,31)29-11-8-17(9-12-29)22-14-19-20(7-10-26-24(19,3)28-22)27-18-5-6-21-23(13-18)32-15-25-21/h5-8,10,13-16,26-28H,4,9,11-12H2,1-3H3. The molecule has 1 aromatic heterocycles. The van der Waals surface area contributed by atoms with Crippen LogP contribution in [0, 0.1) is 0 Å². The van der Waals surface area contributed by atoms with Gasteiger partial charge in [-0.3, -0.25) is 0 Å². The molecule has 33 heavy (non-hydrogen) atoms. The molecule has 2 unspecified atom stereocenters. The second-order valence-corrected chi connectivity index (χ2v) is 12.1. The van der Waals surface area contributed by atoms with Gasteiger partial charge in [0, 0.05) is 41.9 Å². The molecule has 3 aliphatic heterocycles. The van der Waals surface area contributed by atoms with E-state index in [2.05, 4.69) is 40.0 Å². The Morgan fingerprint density at radius 3 is 2.97 bits per heavy atom. The average Bonchev–Trinajstić information content (AvgIpc) is 3.42. The Labute approximate surface area is 199 Å². The molecule has 3 aliphatic rings. The lowest BCUT2D eigenvalue weighted by Gasteiger charge is -2.34. The average molecular weight is 484 g/mol. The predicted molar refractivity (Wildman–Crippen MR) is 135 cm³/mol. The van der Waals surface area contributed by atoms with E-state index in [9.17, 15) is 8.42 Å². The van der Waals surface area contributed by atoms with E-state index in [0.29, 0.717) is 25.9 Å². The predicted octanol–water partition coefficient (Wildman–Crippen LogP) is 4.04. The van der Waals surface area contributed by atoms with Crippen molar-refractivity contribution in [3.63, 3.8) is 0 Å². The first-order valence-electron chi connectivity index (χ1n) is 11.3. The number of thiazole rings is 1. The summed E-state index contributed by atoms with van der Waals surface area (Å²) in [5, 5.41) is 10.3. The second-order valence-electron chi connectivity index (χ2n) is 8.87. The number of hydrogen-bond acceptors (Lipinski definition) is 7. The van der Waals surface area contributed by atoms with E-state index in [4.69, 9.17) is 0 Å². The summed E-state index contributed by atoms with van der Waals surface area (Å²) in [6.45, 7) is 6.75. The Bertz CT molecular complexity index is 1320. The number of sulfonamides is 1. The Morgan fingerprint density at radius 1 is 1.36 bits per heavy atom. The number of hydrogen-bond donors (Lipinski definition) is 3. The third-order valence-corrected chi connectivity index (χ3v) is 9.89. The highest BCUT2D eigenvalue weighted by atomic mass is 32.2. The van der Waals surface area contributed by atoms with Gasteiger partial charge in [0.05, 0.1) is 21.0 Å². The van der Waals surface area contributed by atoms with Gasteiger partial charge in [-0.25, -0.2) is 13.4 Å². The molecule has 0 spiro atoms. The fraction of sp³-hybridized carbons (Fsp3) is 0.375. The van der Waals surface area contributed by atoms with Crippen molar-refractivity contribution < 1.29 is 8.42 Å². The summed E-state index contributed by atoms with van der Waals surface area (Å²) < 4.78 is 28.2. The molecule has 0 bridgehead atoms. The fourth-order valence-corrected chi connectivity index (χ4v) is 6.74. The van der Waals surface area contributed by atoms with Crippen molar-refractivity contribution in [2.24, 2.45) is 0 Å². The lowest BCUT2D eigenvalue weighted by Crippen LogP contribution is -2.52. The molecular formula is C24H29N5O2S2. The number of nitrogens with zero attached hydrogens (tertiary/aromatic N) is 2. The number of fused-ring (bicyclic) bond motifs is 2. The first kappa shape index (κ1) is 22.2. The quantitative estimate of drug-likeness (QED) is 0.575. The number of nitrogens with one attached hydrogen (secondary N) is 3. The number of rotatable bonds is 6. The van der Waals surface area contributed by atoms with Crippen LogP contribution in [0.5, 0.6) is 0 Å². The highest BCUT2D eigenvalue weighted by molar-refractivity contribution is 7.89. The van der Waals surface area contributed by atoms with Crippen molar-refractivity contribution >= 4 is 37.3 Å². The van der Waals surface area contributed by atoms with Crippen molar-refractivity contribution in [3.05, 3.63) is 70.7 Å². The molecule has 174 valence electrons. The first-order valence-corrected chi connectivity index (χ1v) is 13.7. The van der Waals surface area contributed by atoms with Crippen LogP contribution in [0.2, 0.25) is 0 Å². The van der Waals surface area contributed by atoms with Crippen molar-refractivity contribution in [3.8, 4) is 0 Å². The molecule has 3 N–H and O–H groups in total. The number of dihydropyridines is 1. The summed E-state index contributed by atoms with van der Waals surface area (Å²) in [5.74, 6) is 0. The summed E-state index contributed by atoms with van der Waals surface area (Å²) in [6, 6.07) is 6.20. The summed E-state index contributed by atoms with van der Waals surface area (Å²) in [5.41, 5.74) is 7.81. The molecule has 0 aliphatic carbocycles. The zero-order chi connectivity index (χ0) is 23.2. The largest absolute Gasteiger partial charge is 0.365 e. The van der Waals surface area contributed by atoms with Crippen LogP contribution in [-0.4, -0.2) is 41.7 Å². The van der Waals surface area contributed by atoms with Crippen molar-refractivity contribution in [1.29, 1.82) is 0 Å². The van der Waals surface area contributed by atoms with Crippen molar-refractivity contribution in [1.82, 2.24) is 19.9 Å².